The quantitative estimate of drug-likeness (QED) is 0.353. The zero-order chi connectivity index (χ0) is 15.6. The Morgan fingerprint density at radius 2 is 1.95 bits per heavy atom. The molecule has 0 aromatic heterocycles. The minimum atomic E-state index is -4.69. The van der Waals surface area contributed by atoms with Crippen LogP contribution in [0.15, 0.2) is 23.1 Å². The molecule has 11 heteroatoms. The van der Waals surface area contributed by atoms with E-state index in [-0.39, 0.29) is 10.6 Å². The van der Waals surface area contributed by atoms with Crippen molar-refractivity contribution in [2.75, 3.05) is 11.5 Å². The number of rotatable bonds is 5. The topological polar surface area (TPSA) is 77.3 Å². The summed E-state index contributed by atoms with van der Waals surface area (Å²) in [6.45, 7) is 0. The number of nitro groups is 1. The lowest BCUT2D eigenvalue weighted by Gasteiger charge is -2.08. The van der Waals surface area contributed by atoms with Crippen molar-refractivity contribution in [3.63, 3.8) is 0 Å². The Hall–Kier alpha value is -1.000. The molecule has 0 bridgehead atoms. The van der Waals surface area contributed by atoms with Gasteiger partial charge in [0.2, 0.25) is 9.05 Å². The van der Waals surface area contributed by atoms with E-state index in [4.69, 9.17) is 10.7 Å². The van der Waals surface area contributed by atoms with Crippen LogP contribution in [0.4, 0.5) is 18.9 Å². The molecule has 0 fully saturated rings. The van der Waals surface area contributed by atoms with Gasteiger partial charge in [-0.05, 0) is 12.1 Å². The van der Waals surface area contributed by atoms with Crippen LogP contribution in [0.2, 0.25) is 0 Å². The fourth-order valence-electron chi connectivity index (χ4n) is 1.21. The Morgan fingerprint density at radius 1 is 1.35 bits per heavy atom. The second-order valence-electron chi connectivity index (χ2n) is 3.53. The van der Waals surface area contributed by atoms with Gasteiger partial charge in [0.1, 0.15) is 0 Å². The third-order valence-corrected chi connectivity index (χ3v) is 4.55. The van der Waals surface area contributed by atoms with Crippen molar-refractivity contribution in [1.29, 1.82) is 0 Å². The molecule has 0 aliphatic heterocycles. The van der Waals surface area contributed by atoms with Gasteiger partial charge in [-0.25, -0.2) is 8.42 Å². The molecule has 0 saturated heterocycles. The molecular weight excluding hydrogens is 343 g/mol. The van der Waals surface area contributed by atoms with E-state index in [9.17, 15) is 31.7 Å². The summed E-state index contributed by atoms with van der Waals surface area (Å²) in [7, 11) is 1.21. The van der Waals surface area contributed by atoms with E-state index in [0.29, 0.717) is 12.1 Å². The van der Waals surface area contributed by atoms with Gasteiger partial charge in [-0.3, -0.25) is 10.1 Å². The number of nitro benzene ring substituents is 1. The van der Waals surface area contributed by atoms with Crippen molar-refractivity contribution in [3.05, 3.63) is 33.9 Å². The van der Waals surface area contributed by atoms with Crippen LogP contribution >= 0.6 is 22.4 Å². The van der Waals surface area contributed by atoms with Crippen LogP contribution < -0.4 is 0 Å². The number of thioether (sulfide) groups is 1. The predicted octanol–water partition coefficient (Wildman–Crippen LogP) is 3.27. The van der Waals surface area contributed by atoms with Gasteiger partial charge in [0.05, 0.1) is 21.1 Å². The van der Waals surface area contributed by atoms with Crippen LogP contribution in [0.5, 0.6) is 0 Å². The average Bonchev–Trinajstić information content (AvgIpc) is 2.25. The van der Waals surface area contributed by atoms with E-state index in [1.165, 1.54) is 0 Å². The zero-order valence-corrected chi connectivity index (χ0v) is 11.9. The Balaban J connectivity index is 3.00. The third kappa shape index (κ3) is 5.17. The molecule has 0 aliphatic carbocycles. The van der Waals surface area contributed by atoms with Crippen molar-refractivity contribution in [3.8, 4) is 0 Å². The number of halogens is 4. The van der Waals surface area contributed by atoms with Gasteiger partial charge < -0.3 is 0 Å². The molecule has 20 heavy (non-hydrogen) atoms. The second-order valence-corrected chi connectivity index (χ2v) is 7.56. The number of hydrogen-bond acceptors (Lipinski definition) is 5. The molecule has 0 N–H and O–H groups in total. The Kier molecular flexibility index (Phi) is 5.27. The maximum absolute atomic E-state index is 12.4. The highest BCUT2D eigenvalue weighted by Crippen LogP contribution is 2.36. The van der Waals surface area contributed by atoms with E-state index >= 15 is 0 Å². The van der Waals surface area contributed by atoms with Gasteiger partial charge in [-0.1, -0.05) is 0 Å². The van der Waals surface area contributed by atoms with Gasteiger partial charge >= 0.3 is 6.18 Å². The Morgan fingerprint density at radius 3 is 2.40 bits per heavy atom. The summed E-state index contributed by atoms with van der Waals surface area (Å²) in [5.74, 6) is -0.546. The summed E-state index contributed by atoms with van der Waals surface area (Å²) in [6, 6.07) is 2.05. The molecule has 0 saturated carbocycles. The molecule has 0 heterocycles. The zero-order valence-electron chi connectivity index (χ0n) is 9.55. The van der Waals surface area contributed by atoms with Crippen molar-refractivity contribution in [2.45, 2.75) is 11.1 Å². The largest absolute Gasteiger partial charge is 0.416 e. The normalized spacial score (nSPS) is 12.4. The number of nitrogens with zero attached hydrogens (tertiary/aromatic N) is 1. The summed E-state index contributed by atoms with van der Waals surface area (Å²) in [5, 5.41) is 10.7. The maximum atomic E-state index is 12.4. The highest BCUT2D eigenvalue weighted by atomic mass is 35.7. The van der Waals surface area contributed by atoms with Gasteiger partial charge in [-0.2, -0.15) is 13.2 Å². The SMILES string of the molecule is O=[N+]([O-])c1cc(C(F)(F)F)ccc1SCCS(=O)(=O)Cl. The van der Waals surface area contributed by atoms with Crippen LogP contribution in [0, 0.1) is 10.1 Å². The van der Waals surface area contributed by atoms with Crippen molar-refractivity contribution in [2.24, 2.45) is 0 Å². The third-order valence-electron chi connectivity index (χ3n) is 2.07. The van der Waals surface area contributed by atoms with E-state index < -0.39 is 37.2 Å². The van der Waals surface area contributed by atoms with Crippen LogP contribution in [0.1, 0.15) is 5.56 Å². The van der Waals surface area contributed by atoms with E-state index in [0.717, 1.165) is 17.8 Å². The summed E-state index contributed by atoms with van der Waals surface area (Å²) >= 11 is 0.749. The van der Waals surface area contributed by atoms with E-state index in [1.54, 1.807) is 0 Å². The molecule has 0 spiro atoms. The molecular formula is C9H7ClF3NO4S2. The summed E-state index contributed by atoms with van der Waals surface area (Å²) in [6.07, 6.45) is -4.69. The van der Waals surface area contributed by atoms with Gasteiger partial charge in [0.25, 0.3) is 5.69 Å². The minimum absolute atomic E-state index is 0.0525. The van der Waals surface area contributed by atoms with Crippen LogP contribution in [0.3, 0.4) is 0 Å². The first-order chi connectivity index (χ1) is 9.00. The number of alkyl halides is 3. The van der Waals surface area contributed by atoms with Crippen LogP contribution in [-0.4, -0.2) is 24.8 Å². The standard InChI is InChI=1S/C9H7ClF3NO4S2/c10-20(17,18)4-3-19-8-2-1-6(9(11,12)13)5-7(8)14(15)16/h1-2,5H,3-4H2. The smallest absolute Gasteiger partial charge is 0.258 e. The van der Waals surface area contributed by atoms with Gasteiger partial charge in [0.15, 0.2) is 0 Å². The minimum Gasteiger partial charge on any atom is -0.258 e. The molecule has 112 valence electrons. The number of hydrogen-bond donors (Lipinski definition) is 0. The maximum Gasteiger partial charge on any atom is 0.416 e. The highest BCUT2D eigenvalue weighted by molar-refractivity contribution is 8.14. The van der Waals surface area contributed by atoms with Crippen LogP contribution in [0.25, 0.3) is 0 Å². The molecule has 1 rings (SSSR count). The Bertz CT molecular complexity index is 618. The average molecular weight is 350 g/mol. The first kappa shape index (κ1) is 17.1. The summed E-state index contributed by atoms with van der Waals surface area (Å²) in [4.78, 5) is 9.74. The molecule has 0 radical (unpaired) electrons. The molecule has 1 aromatic rings. The fourth-order valence-corrected chi connectivity index (χ4v) is 3.57. The molecule has 0 atom stereocenters. The van der Waals surface area contributed by atoms with Crippen LogP contribution in [-0.2, 0) is 15.2 Å². The lowest BCUT2D eigenvalue weighted by atomic mass is 10.2. The highest BCUT2D eigenvalue weighted by Gasteiger charge is 2.33. The van der Waals surface area contributed by atoms with Crippen molar-refractivity contribution in [1.82, 2.24) is 0 Å². The molecule has 0 aliphatic rings. The van der Waals surface area contributed by atoms with E-state index in [1.807, 2.05) is 0 Å². The lowest BCUT2D eigenvalue weighted by molar-refractivity contribution is -0.388. The van der Waals surface area contributed by atoms with Crippen molar-refractivity contribution < 1.29 is 26.5 Å². The molecule has 0 amide bonds. The van der Waals surface area contributed by atoms with E-state index in [2.05, 4.69) is 0 Å². The second kappa shape index (κ2) is 6.19. The van der Waals surface area contributed by atoms with Gasteiger partial charge in [-0.15, -0.1) is 11.8 Å². The number of benzene rings is 1. The fraction of sp³-hybridized carbons (Fsp3) is 0.333. The lowest BCUT2D eigenvalue weighted by Crippen LogP contribution is -2.06. The monoisotopic (exact) mass is 349 g/mol. The molecule has 0 unspecified atom stereocenters. The van der Waals surface area contributed by atoms with Gasteiger partial charge in [0, 0.05) is 22.5 Å². The molecule has 1 aromatic carbocycles. The summed E-state index contributed by atoms with van der Waals surface area (Å²) in [5.41, 5.74) is -1.87. The molecule has 5 nitrogen and oxygen atoms in total. The predicted molar refractivity (Wildman–Crippen MR) is 68.5 cm³/mol. The Labute approximate surface area is 120 Å². The first-order valence-electron chi connectivity index (χ1n) is 4.91. The van der Waals surface area contributed by atoms with Crippen molar-refractivity contribution >= 4 is 37.2 Å². The summed E-state index contributed by atoms with van der Waals surface area (Å²) < 4.78 is 58.7. The first-order valence-corrected chi connectivity index (χ1v) is 8.38.